The van der Waals surface area contributed by atoms with Gasteiger partial charge in [-0.1, -0.05) is 6.07 Å². The second-order valence-corrected chi connectivity index (χ2v) is 6.11. The summed E-state index contributed by atoms with van der Waals surface area (Å²) in [6.07, 6.45) is -10.0. The molecule has 27 heavy (non-hydrogen) atoms. The van der Waals surface area contributed by atoms with Gasteiger partial charge in [-0.25, -0.2) is 0 Å². The molecule has 1 aromatic rings. The first kappa shape index (κ1) is 21.8. The number of aliphatic hydroxyl groups excluding tert-OH is 6. The lowest BCUT2D eigenvalue weighted by atomic mass is 9.99. The van der Waals surface area contributed by atoms with Crippen molar-refractivity contribution in [3.8, 4) is 11.5 Å². The van der Waals surface area contributed by atoms with Gasteiger partial charge >= 0.3 is 0 Å². The van der Waals surface area contributed by atoms with Gasteiger partial charge in [0.05, 0.1) is 27.4 Å². The third-order valence-electron chi connectivity index (χ3n) is 4.44. The van der Waals surface area contributed by atoms with Crippen molar-refractivity contribution in [2.45, 2.75) is 42.9 Å². The number of hydrogen-bond acceptors (Lipinski definition) is 10. The minimum Gasteiger partial charge on any atom is -0.493 e. The van der Waals surface area contributed by atoms with Crippen LogP contribution in [0.2, 0.25) is 0 Å². The summed E-state index contributed by atoms with van der Waals surface area (Å²) in [5.41, 5.74) is 0.344. The highest BCUT2D eigenvalue weighted by Crippen LogP contribution is 2.32. The fourth-order valence-electron chi connectivity index (χ4n) is 2.82. The van der Waals surface area contributed by atoms with Crippen LogP contribution in [0.4, 0.5) is 0 Å². The van der Waals surface area contributed by atoms with Crippen LogP contribution in [-0.4, -0.2) is 94.9 Å². The predicted molar refractivity (Wildman–Crippen MR) is 90.2 cm³/mol. The molecule has 0 aliphatic carbocycles. The van der Waals surface area contributed by atoms with Crippen molar-refractivity contribution in [3.63, 3.8) is 0 Å². The molecule has 1 saturated heterocycles. The second-order valence-electron chi connectivity index (χ2n) is 6.11. The van der Waals surface area contributed by atoms with Crippen LogP contribution in [0.1, 0.15) is 11.7 Å². The van der Waals surface area contributed by atoms with Crippen LogP contribution in [0.5, 0.6) is 11.5 Å². The SMILES string of the molecule is COc1ccc(C(O)C(CO)OC2O[C@H](CO)[C@@H](O)[C@H](O)[C@H]2O)cc1OC. The number of benzene rings is 1. The predicted octanol–water partition coefficient (Wildman–Crippen LogP) is -2.09. The van der Waals surface area contributed by atoms with Crippen molar-refractivity contribution < 1.29 is 49.6 Å². The van der Waals surface area contributed by atoms with Crippen molar-refractivity contribution in [2.24, 2.45) is 0 Å². The molecular weight excluding hydrogens is 364 g/mol. The van der Waals surface area contributed by atoms with Gasteiger partial charge < -0.3 is 49.6 Å². The molecule has 3 unspecified atom stereocenters. The zero-order valence-electron chi connectivity index (χ0n) is 15.0. The van der Waals surface area contributed by atoms with E-state index < -0.39 is 56.1 Å². The molecule has 1 fully saturated rings. The molecule has 6 N–H and O–H groups in total. The van der Waals surface area contributed by atoms with Gasteiger partial charge in [0.1, 0.15) is 36.6 Å². The molecule has 7 atom stereocenters. The maximum absolute atomic E-state index is 10.5. The van der Waals surface area contributed by atoms with Gasteiger partial charge in [-0.3, -0.25) is 0 Å². The fraction of sp³-hybridized carbons (Fsp3) is 0.647. The minimum atomic E-state index is -1.64. The van der Waals surface area contributed by atoms with Gasteiger partial charge in [0.2, 0.25) is 0 Å². The van der Waals surface area contributed by atoms with Crippen LogP contribution >= 0.6 is 0 Å². The van der Waals surface area contributed by atoms with E-state index in [0.29, 0.717) is 17.1 Å². The molecule has 10 nitrogen and oxygen atoms in total. The Bertz CT molecular complexity index is 595. The molecule has 154 valence electrons. The van der Waals surface area contributed by atoms with E-state index in [9.17, 15) is 30.6 Å². The molecule has 1 aromatic carbocycles. The lowest BCUT2D eigenvalue weighted by Crippen LogP contribution is -2.60. The normalized spacial score (nSPS) is 30.6. The number of rotatable bonds is 8. The van der Waals surface area contributed by atoms with E-state index in [1.807, 2.05) is 0 Å². The van der Waals surface area contributed by atoms with E-state index in [1.165, 1.54) is 20.3 Å². The Hall–Kier alpha value is -1.50. The Morgan fingerprint density at radius 3 is 2.22 bits per heavy atom. The van der Waals surface area contributed by atoms with Crippen LogP contribution in [-0.2, 0) is 9.47 Å². The van der Waals surface area contributed by atoms with Gasteiger partial charge in [-0.2, -0.15) is 0 Å². The zero-order chi connectivity index (χ0) is 20.1. The van der Waals surface area contributed by atoms with Crippen molar-refractivity contribution in [3.05, 3.63) is 23.8 Å². The molecule has 2 rings (SSSR count). The molecule has 1 aliphatic rings. The quantitative estimate of drug-likeness (QED) is 0.291. The number of aliphatic hydroxyl groups is 6. The Morgan fingerprint density at radius 2 is 1.67 bits per heavy atom. The summed E-state index contributed by atoms with van der Waals surface area (Å²) in [5, 5.41) is 59.0. The molecule has 1 heterocycles. The Morgan fingerprint density at radius 1 is 1.00 bits per heavy atom. The maximum Gasteiger partial charge on any atom is 0.187 e. The lowest BCUT2D eigenvalue weighted by Gasteiger charge is -2.41. The summed E-state index contributed by atoms with van der Waals surface area (Å²) in [4.78, 5) is 0. The summed E-state index contributed by atoms with van der Waals surface area (Å²) in [6.45, 7) is -1.25. The molecule has 0 saturated carbocycles. The summed E-state index contributed by atoms with van der Waals surface area (Å²) in [5.74, 6) is 0.808. The average Bonchev–Trinajstić information content (AvgIpc) is 2.70. The van der Waals surface area contributed by atoms with E-state index in [4.69, 9.17) is 18.9 Å². The maximum atomic E-state index is 10.5. The molecule has 0 spiro atoms. The third kappa shape index (κ3) is 4.68. The smallest absolute Gasteiger partial charge is 0.187 e. The van der Waals surface area contributed by atoms with Crippen LogP contribution < -0.4 is 9.47 Å². The second kappa shape index (κ2) is 9.62. The first-order valence-electron chi connectivity index (χ1n) is 8.34. The van der Waals surface area contributed by atoms with Crippen molar-refractivity contribution >= 4 is 0 Å². The molecule has 10 heteroatoms. The van der Waals surface area contributed by atoms with Crippen molar-refractivity contribution in [1.82, 2.24) is 0 Å². The highest BCUT2D eigenvalue weighted by atomic mass is 16.7. The average molecular weight is 390 g/mol. The first-order valence-corrected chi connectivity index (χ1v) is 8.34. The van der Waals surface area contributed by atoms with Gasteiger partial charge in [0, 0.05) is 0 Å². The first-order chi connectivity index (χ1) is 12.9. The summed E-state index contributed by atoms with van der Waals surface area (Å²) < 4.78 is 20.9. The third-order valence-corrected chi connectivity index (χ3v) is 4.44. The van der Waals surface area contributed by atoms with Crippen LogP contribution in [0.3, 0.4) is 0 Å². The van der Waals surface area contributed by atoms with E-state index in [2.05, 4.69) is 0 Å². The molecule has 0 aromatic heterocycles. The summed E-state index contributed by atoms with van der Waals surface area (Å²) in [7, 11) is 2.90. The van der Waals surface area contributed by atoms with E-state index >= 15 is 0 Å². The molecule has 0 amide bonds. The molecular formula is C17H26O10. The van der Waals surface area contributed by atoms with E-state index in [-0.39, 0.29) is 0 Å². The van der Waals surface area contributed by atoms with Crippen molar-refractivity contribution in [2.75, 3.05) is 27.4 Å². The van der Waals surface area contributed by atoms with Crippen LogP contribution in [0, 0.1) is 0 Å². The van der Waals surface area contributed by atoms with Gasteiger partial charge in [0.25, 0.3) is 0 Å². The largest absolute Gasteiger partial charge is 0.493 e. The fourth-order valence-corrected chi connectivity index (χ4v) is 2.82. The highest BCUT2D eigenvalue weighted by molar-refractivity contribution is 5.43. The Labute approximate surface area is 156 Å². The van der Waals surface area contributed by atoms with Gasteiger partial charge in [-0.05, 0) is 17.7 Å². The number of hydrogen-bond donors (Lipinski definition) is 6. The van der Waals surface area contributed by atoms with E-state index in [0.717, 1.165) is 0 Å². The van der Waals surface area contributed by atoms with Gasteiger partial charge in [-0.15, -0.1) is 0 Å². The molecule has 1 aliphatic heterocycles. The summed E-state index contributed by atoms with van der Waals surface area (Å²) >= 11 is 0. The Kier molecular flexibility index (Phi) is 7.77. The van der Waals surface area contributed by atoms with Crippen molar-refractivity contribution in [1.29, 1.82) is 0 Å². The standard InChI is InChI=1S/C17H26O10/c1-24-9-4-3-8(5-10(9)25-2)13(20)11(6-18)26-17-16(23)15(22)14(21)12(7-19)27-17/h3-5,11-23H,6-7H2,1-2H3/t11?,12-,13?,14-,15+,16-,17?/m1/s1. The molecule has 0 radical (unpaired) electrons. The number of ether oxygens (including phenoxy) is 4. The lowest BCUT2D eigenvalue weighted by molar-refractivity contribution is -0.319. The summed E-state index contributed by atoms with van der Waals surface area (Å²) in [6, 6.07) is 4.62. The van der Waals surface area contributed by atoms with Gasteiger partial charge in [0.15, 0.2) is 17.8 Å². The number of methoxy groups -OCH3 is 2. The monoisotopic (exact) mass is 390 g/mol. The Balaban J connectivity index is 2.16. The molecule has 0 bridgehead atoms. The topological polar surface area (TPSA) is 158 Å². The zero-order valence-corrected chi connectivity index (χ0v) is 15.0. The van der Waals surface area contributed by atoms with Crippen LogP contribution in [0.15, 0.2) is 18.2 Å². The van der Waals surface area contributed by atoms with Crippen LogP contribution in [0.25, 0.3) is 0 Å². The highest BCUT2D eigenvalue weighted by Gasteiger charge is 2.45. The van der Waals surface area contributed by atoms with E-state index in [1.54, 1.807) is 12.1 Å². The minimum absolute atomic E-state index is 0.344.